The highest BCUT2D eigenvalue weighted by Crippen LogP contribution is 2.22. The van der Waals surface area contributed by atoms with Gasteiger partial charge in [0.15, 0.2) is 0 Å². The van der Waals surface area contributed by atoms with Crippen LogP contribution < -0.4 is 16.1 Å². The minimum Gasteiger partial charge on any atom is -0.324 e. The van der Waals surface area contributed by atoms with Crippen LogP contribution in [0.4, 0.5) is 29.2 Å². The molecule has 1 heterocycles. The number of nitrogens with zero attached hydrogens (tertiary/aromatic N) is 4. The van der Waals surface area contributed by atoms with Gasteiger partial charge in [-0.15, -0.1) is 0 Å². The van der Waals surface area contributed by atoms with Crippen molar-refractivity contribution in [1.29, 1.82) is 0 Å². The lowest BCUT2D eigenvalue weighted by molar-refractivity contribution is 1.04. The zero-order chi connectivity index (χ0) is 22.3. The third-order valence-corrected chi connectivity index (χ3v) is 4.81. The van der Waals surface area contributed by atoms with Crippen molar-refractivity contribution in [3.8, 4) is 0 Å². The second-order valence-corrected chi connectivity index (χ2v) is 7.42. The van der Waals surface area contributed by atoms with Gasteiger partial charge in [0.2, 0.25) is 17.8 Å². The molecule has 0 spiro atoms. The molecule has 4 aromatic rings. The summed E-state index contributed by atoms with van der Waals surface area (Å²) < 4.78 is 0. The summed E-state index contributed by atoms with van der Waals surface area (Å²) in [6.07, 6.45) is 0. The number of aryl methyl sites for hydroxylation is 2. The monoisotopic (exact) mass is 423 g/mol. The molecule has 7 nitrogen and oxygen atoms in total. The van der Waals surface area contributed by atoms with Gasteiger partial charge in [0, 0.05) is 11.4 Å². The van der Waals surface area contributed by atoms with E-state index in [4.69, 9.17) is 0 Å². The maximum atomic E-state index is 4.54. The standard InChI is InChI=1S/C25H25N7/c1-17-14-15-22(18(2)16-17)27-24-28-23(26-21-12-8-5-9-13-21)29-25(30-24)32-31-19(3)20-10-6-4-7-11-20/h4-16H,1-3H3,(H3,26,27,28,29,30,32)/b31-19+. The van der Waals surface area contributed by atoms with Gasteiger partial charge in [-0.3, -0.25) is 0 Å². The van der Waals surface area contributed by atoms with Crippen LogP contribution >= 0.6 is 0 Å². The minimum absolute atomic E-state index is 0.334. The third kappa shape index (κ3) is 5.46. The van der Waals surface area contributed by atoms with Gasteiger partial charge < -0.3 is 10.6 Å². The summed E-state index contributed by atoms with van der Waals surface area (Å²) in [5.41, 5.74) is 8.93. The number of aromatic nitrogens is 3. The fourth-order valence-electron chi connectivity index (χ4n) is 3.14. The molecule has 0 bridgehead atoms. The van der Waals surface area contributed by atoms with Crippen LogP contribution in [0.25, 0.3) is 0 Å². The normalized spacial score (nSPS) is 11.2. The number of rotatable bonds is 7. The molecule has 0 amide bonds. The van der Waals surface area contributed by atoms with Crippen LogP contribution in [0.1, 0.15) is 23.6 Å². The molecule has 32 heavy (non-hydrogen) atoms. The average Bonchev–Trinajstić information content (AvgIpc) is 2.80. The van der Waals surface area contributed by atoms with Gasteiger partial charge in [-0.2, -0.15) is 20.1 Å². The van der Waals surface area contributed by atoms with Crippen LogP contribution in [0.3, 0.4) is 0 Å². The molecule has 3 N–H and O–H groups in total. The third-order valence-electron chi connectivity index (χ3n) is 4.81. The molecule has 0 aliphatic heterocycles. The predicted octanol–water partition coefficient (Wildman–Crippen LogP) is 5.81. The Balaban J connectivity index is 1.63. The quantitative estimate of drug-likeness (QED) is 0.257. The van der Waals surface area contributed by atoms with Gasteiger partial charge in [0.25, 0.3) is 0 Å². The van der Waals surface area contributed by atoms with Crippen LogP contribution in [0, 0.1) is 13.8 Å². The maximum absolute atomic E-state index is 4.54. The van der Waals surface area contributed by atoms with Crippen molar-refractivity contribution < 1.29 is 0 Å². The molecular formula is C25H25N7. The molecule has 0 saturated carbocycles. The van der Waals surface area contributed by atoms with Gasteiger partial charge in [-0.05, 0) is 50.1 Å². The predicted molar refractivity (Wildman–Crippen MR) is 131 cm³/mol. The number of nitrogens with one attached hydrogen (secondary N) is 3. The Morgan fingerprint density at radius 2 is 1.34 bits per heavy atom. The van der Waals surface area contributed by atoms with Crippen molar-refractivity contribution in [2.75, 3.05) is 16.1 Å². The summed E-state index contributed by atoms with van der Waals surface area (Å²) in [5.74, 6) is 1.16. The largest absolute Gasteiger partial charge is 0.324 e. The first kappa shape index (κ1) is 21.0. The Morgan fingerprint density at radius 3 is 2.03 bits per heavy atom. The number of para-hydroxylation sites is 1. The van der Waals surface area contributed by atoms with Gasteiger partial charge in [-0.1, -0.05) is 66.2 Å². The highest BCUT2D eigenvalue weighted by molar-refractivity contribution is 5.98. The Bertz CT molecular complexity index is 1220. The van der Waals surface area contributed by atoms with Crippen LogP contribution in [0.5, 0.6) is 0 Å². The Kier molecular flexibility index (Phi) is 6.36. The Hall–Kier alpha value is -4.26. The lowest BCUT2D eigenvalue weighted by atomic mass is 10.1. The van der Waals surface area contributed by atoms with E-state index in [1.165, 1.54) is 5.56 Å². The van der Waals surface area contributed by atoms with Gasteiger partial charge in [0.1, 0.15) is 0 Å². The molecule has 0 aliphatic carbocycles. The summed E-state index contributed by atoms with van der Waals surface area (Å²) in [6, 6.07) is 25.9. The summed E-state index contributed by atoms with van der Waals surface area (Å²) in [7, 11) is 0. The molecule has 0 fully saturated rings. The smallest absolute Gasteiger partial charge is 0.250 e. The van der Waals surface area contributed by atoms with E-state index in [0.29, 0.717) is 17.8 Å². The van der Waals surface area contributed by atoms with Crippen molar-refractivity contribution in [1.82, 2.24) is 15.0 Å². The topological polar surface area (TPSA) is 87.1 Å². The van der Waals surface area contributed by atoms with Crippen molar-refractivity contribution in [2.24, 2.45) is 5.10 Å². The second kappa shape index (κ2) is 9.70. The lowest BCUT2D eigenvalue weighted by Gasteiger charge is -2.12. The number of hydrogen-bond donors (Lipinski definition) is 3. The zero-order valence-electron chi connectivity index (χ0n) is 18.3. The minimum atomic E-state index is 0.334. The van der Waals surface area contributed by atoms with E-state index in [1.54, 1.807) is 0 Å². The lowest BCUT2D eigenvalue weighted by Crippen LogP contribution is -2.08. The van der Waals surface area contributed by atoms with Crippen molar-refractivity contribution in [2.45, 2.75) is 20.8 Å². The molecule has 0 saturated heterocycles. The molecule has 3 aromatic carbocycles. The molecule has 4 rings (SSSR count). The molecule has 1 aromatic heterocycles. The van der Waals surface area contributed by atoms with E-state index >= 15 is 0 Å². The zero-order valence-corrected chi connectivity index (χ0v) is 18.3. The van der Waals surface area contributed by atoms with Crippen molar-refractivity contribution >= 4 is 34.9 Å². The van der Waals surface area contributed by atoms with Gasteiger partial charge in [-0.25, -0.2) is 5.43 Å². The number of hydrazone groups is 1. The van der Waals surface area contributed by atoms with Crippen molar-refractivity contribution in [3.05, 3.63) is 95.6 Å². The van der Waals surface area contributed by atoms with Crippen LogP contribution in [0.2, 0.25) is 0 Å². The van der Waals surface area contributed by atoms with E-state index in [9.17, 15) is 0 Å². The Morgan fingerprint density at radius 1 is 0.719 bits per heavy atom. The first-order chi connectivity index (χ1) is 15.6. The van der Waals surface area contributed by atoms with Gasteiger partial charge >= 0.3 is 0 Å². The molecule has 0 radical (unpaired) electrons. The highest BCUT2D eigenvalue weighted by Gasteiger charge is 2.09. The summed E-state index contributed by atoms with van der Waals surface area (Å²) >= 11 is 0. The maximum Gasteiger partial charge on any atom is 0.250 e. The van der Waals surface area contributed by atoms with E-state index in [1.807, 2.05) is 86.6 Å². The average molecular weight is 424 g/mol. The molecule has 160 valence electrons. The molecule has 0 aliphatic rings. The summed E-state index contributed by atoms with van der Waals surface area (Å²) in [5, 5.41) is 11.0. The first-order valence-corrected chi connectivity index (χ1v) is 10.3. The number of hydrogen-bond acceptors (Lipinski definition) is 7. The van der Waals surface area contributed by atoms with Gasteiger partial charge in [0.05, 0.1) is 5.71 Å². The van der Waals surface area contributed by atoms with Crippen LogP contribution in [0.15, 0.2) is 84.0 Å². The van der Waals surface area contributed by atoms with E-state index in [-0.39, 0.29) is 0 Å². The van der Waals surface area contributed by atoms with E-state index in [0.717, 1.165) is 28.2 Å². The summed E-state index contributed by atoms with van der Waals surface area (Å²) in [6.45, 7) is 6.05. The molecule has 0 unspecified atom stereocenters. The number of anilines is 5. The fraction of sp³-hybridized carbons (Fsp3) is 0.120. The fourth-order valence-corrected chi connectivity index (χ4v) is 3.14. The highest BCUT2D eigenvalue weighted by atomic mass is 15.4. The van der Waals surface area contributed by atoms with Crippen molar-refractivity contribution in [3.63, 3.8) is 0 Å². The van der Waals surface area contributed by atoms with Crippen LogP contribution in [-0.2, 0) is 0 Å². The summed E-state index contributed by atoms with van der Waals surface area (Å²) in [4.78, 5) is 13.5. The first-order valence-electron chi connectivity index (χ1n) is 10.3. The Labute approximate surface area is 187 Å². The van der Waals surface area contributed by atoms with E-state index in [2.05, 4.69) is 49.1 Å². The second-order valence-electron chi connectivity index (χ2n) is 7.42. The molecule has 0 atom stereocenters. The molecular weight excluding hydrogens is 398 g/mol. The number of benzene rings is 3. The SMILES string of the molecule is C/C(=N\Nc1nc(Nc2ccccc2)nc(Nc2ccc(C)cc2C)n1)c1ccccc1. The van der Waals surface area contributed by atoms with Crippen LogP contribution in [-0.4, -0.2) is 20.7 Å². The molecule has 7 heteroatoms. The van der Waals surface area contributed by atoms with E-state index < -0.39 is 0 Å².